The van der Waals surface area contributed by atoms with Gasteiger partial charge in [0.15, 0.2) is 0 Å². The highest BCUT2D eigenvalue weighted by molar-refractivity contribution is 5.08. The van der Waals surface area contributed by atoms with Gasteiger partial charge < -0.3 is 11.1 Å². The van der Waals surface area contributed by atoms with Gasteiger partial charge in [0.05, 0.1) is 0 Å². The van der Waals surface area contributed by atoms with Crippen LogP contribution in [0.5, 0.6) is 0 Å². The molecule has 2 heteroatoms. The maximum absolute atomic E-state index is 5.99. The number of nitrogens with one attached hydrogen (secondary N) is 1. The molecule has 2 heterocycles. The number of rotatable bonds is 0. The molecule has 2 bridgehead atoms. The molecule has 64 valence electrons. The molecule has 0 radical (unpaired) electrons. The molecule has 2 aliphatic heterocycles. The van der Waals surface area contributed by atoms with Crippen LogP contribution >= 0.6 is 0 Å². The van der Waals surface area contributed by atoms with Gasteiger partial charge in [0.1, 0.15) is 0 Å². The van der Waals surface area contributed by atoms with Crippen LogP contribution in [0.3, 0.4) is 0 Å². The minimum atomic E-state index is 0.354. The molecule has 2 nitrogen and oxygen atoms in total. The lowest BCUT2D eigenvalue weighted by atomic mass is 9.85. The zero-order chi connectivity index (χ0) is 8.11. The van der Waals surface area contributed by atoms with Crippen LogP contribution in [-0.4, -0.2) is 17.1 Å². The molecule has 0 spiro atoms. The summed E-state index contributed by atoms with van der Waals surface area (Å²) in [7, 11) is 0. The zero-order valence-electron chi connectivity index (χ0n) is 7.48. The maximum Gasteiger partial charge on any atom is 0.0173 e. The largest absolute Gasteiger partial charge is 0.328 e. The Bertz CT molecular complexity index is 162. The van der Waals surface area contributed by atoms with E-state index in [-0.39, 0.29) is 0 Å². The number of piperidine rings is 1. The van der Waals surface area contributed by atoms with Gasteiger partial charge in [-0.25, -0.2) is 0 Å². The summed E-state index contributed by atoms with van der Waals surface area (Å²) in [6.07, 6.45) is 4.92. The molecule has 2 unspecified atom stereocenters. The number of nitrogens with two attached hydrogens (primary N) is 1. The van der Waals surface area contributed by atoms with E-state index in [0.29, 0.717) is 17.1 Å². The number of fused-ring (bicyclic) bond motifs is 2. The zero-order valence-corrected chi connectivity index (χ0v) is 7.48. The van der Waals surface area contributed by atoms with E-state index in [1.54, 1.807) is 0 Å². The van der Waals surface area contributed by atoms with Crippen molar-refractivity contribution in [3.63, 3.8) is 0 Å². The topological polar surface area (TPSA) is 38.0 Å². The average Bonchev–Trinajstić information content (AvgIpc) is 2.01. The fourth-order valence-corrected chi connectivity index (χ4v) is 2.94. The molecular weight excluding hydrogens is 136 g/mol. The lowest BCUT2D eigenvalue weighted by Gasteiger charge is -2.40. The first-order chi connectivity index (χ1) is 5.02. The van der Waals surface area contributed by atoms with Gasteiger partial charge in [-0.2, -0.15) is 0 Å². The first-order valence-electron chi connectivity index (χ1n) is 4.56. The van der Waals surface area contributed by atoms with Gasteiger partial charge in [0, 0.05) is 17.1 Å². The summed E-state index contributed by atoms with van der Waals surface area (Å²) in [6, 6.07) is 0.425. The number of hydrogen-bond donors (Lipinski definition) is 2. The Kier molecular flexibility index (Phi) is 1.37. The molecule has 0 aliphatic carbocycles. The lowest BCUT2D eigenvalue weighted by Crippen LogP contribution is -2.57. The van der Waals surface area contributed by atoms with Crippen molar-refractivity contribution in [2.24, 2.45) is 5.73 Å². The van der Waals surface area contributed by atoms with Crippen LogP contribution in [0.1, 0.15) is 39.5 Å². The summed E-state index contributed by atoms with van der Waals surface area (Å²) in [6.45, 7) is 4.61. The van der Waals surface area contributed by atoms with E-state index in [1.165, 1.54) is 12.8 Å². The van der Waals surface area contributed by atoms with Crippen molar-refractivity contribution in [1.82, 2.24) is 5.32 Å². The predicted molar refractivity (Wildman–Crippen MR) is 46.4 cm³/mol. The normalized spacial score (nSPS) is 56.5. The van der Waals surface area contributed by atoms with Crippen LogP contribution in [0.4, 0.5) is 0 Å². The van der Waals surface area contributed by atoms with Crippen molar-refractivity contribution in [2.75, 3.05) is 0 Å². The Morgan fingerprint density at radius 1 is 1.18 bits per heavy atom. The van der Waals surface area contributed by atoms with Crippen LogP contribution in [0.25, 0.3) is 0 Å². The summed E-state index contributed by atoms with van der Waals surface area (Å²) in [5.74, 6) is 0. The first-order valence-corrected chi connectivity index (χ1v) is 4.56. The minimum absolute atomic E-state index is 0.354. The summed E-state index contributed by atoms with van der Waals surface area (Å²) < 4.78 is 0. The Morgan fingerprint density at radius 3 is 2.09 bits per heavy atom. The average molecular weight is 154 g/mol. The molecule has 0 amide bonds. The van der Waals surface area contributed by atoms with Crippen LogP contribution in [-0.2, 0) is 0 Å². The monoisotopic (exact) mass is 154 g/mol. The second-order valence-electron chi connectivity index (χ2n) is 4.91. The lowest BCUT2D eigenvalue weighted by molar-refractivity contribution is 0.211. The third-order valence-corrected chi connectivity index (χ3v) is 3.26. The smallest absolute Gasteiger partial charge is 0.0173 e. The van der Waals surface area contributed by atoms with Crippen molar-refractivity contribution in [3.05, 3.63) is 0 Å². The van der Waals surface area contributed by atoms with Gasteiger partial charge in [0.25, 0.3) is 0 Å². The van der Waals surface area contributed by atoms with Crippen molar-refractivity contribution >= 4 is 0 Å². The SMILES string of the molecule is CC12CCC(C)(CC(N)C1)N2. The molecule has 0 aromatic carbocycles. The Hall–Kier alpha value is -0.0800. The summed E-state index contributed by atoms with van der Waals surface area (Å²) in [5.41, 5.74) is 6.69. The van der Waals surface area contributed by atoms with Crippen LogP contribution in [0.2, 0.25) is 0 Å². The Morgan fingerprint density at radius 2 is 1.64 bits per heavy atom. The minimum Gasteiger partial charge on any atom is -0.328 e. The maximum atomic E-state index is 5.99. The third kappa shape index (κ3) is 1.18. The molecule has 2 rings (SSSR count). The van der Waals surface area contributed by atoms with Crippen molar-refractivity contribution < 1.29 is 0 Å². The van der Waals surface area contributed by atoms with E-state index in [2.05, 4.69) is 19.2 Å². The van der Waals surface area contributed by atoms with Crippen molar-refractivity contribution in [1.29, 1.82) is 0 Å². The van der Waals surface area contributed by atoms with E-state index >= 15 is 0 Å². The fourth-order valence-electron chi connectivity index (χ4n) is 2.94. The second-order valence-corrected chi connectivity index (χ2v) is 4.91. The fraction of sp³-hybridized carbons (Fsp3) is 1.00. The molecule has 2 atom stereocenters. The standard InChI is InChI=1S/C9H18N2/c1-8-3-4-9(2,11-8)6-7(10)5-8/h7,11H,3-6,10H2,1-2H3. The highest BCUT2D eigenvalue weighted by atomic mass is 15.1. The van der Waals surface area contributed by atoms with E-state index in [9.17, 15) is 0 Å². The third-order valence-electron chi connectivity index (χ3n) is 3.26. The molecule has 2 saturated heterocycles. The highest BCUT2D eigenvalue weighted by Gasteiger charge is 2.47. The molecule has 11 heavy (non-hydrogen) atoms. The Balaban J connectivity index is 2.21. The van der Waals surface area contributed by atoms with Gasteiger partial charge in [-0.1, -0.05) is 0 Å². The van der Waals surface area contributed by atoms with Crippen molar-refractivity contribution in [3.8, 4) is 0 Å². The quantitative estimate of drug-likeness (QED) is 0.546. The van der Waals surface area contributed by atoms with E-state index in [1.807, 2.05) is 0 Å². The Labute approximate surface area is 68.5 Å². The summed E-state index contributed by atoms with van der Waals surface area (Å²) >= 11 is 0. The second kappa shape index (κ2) is 1.99. The molecule has 0 aromatic heterocycles. The molecule has 3 N–H and O–H groups in total. The van der Waals surface area contributed by atoms with Crippen molar-refractivity contribution in [2.45, 2.75) is 56.7 Å². The summed E-state index contributed by atoms with van der Waals surface area (Å²) in [5, 5.41) is 3.69. The van der Waals surface area contributed by atoms with Crippen LogP contribution in [0.15, 0.2) is 0 Å². The molecule has 0 saturated carbocycles. The molecule has 0 aromatic rings. The number of hydrogen-bond acceptors (Lipinski definition) is 2. The molecular formula is C9H18N2. The van der Waals surface area contributed by atoms with Crippen LogP contribution in [0, 0.1) is 0 Å². The highest BCUT2D eigenvalue weighted by Crippen LogP contribution is 2.41. The predicted octanol–water partition coefficient (Wildman–Crippen LogP) is 1.01. The van der Waals surface area contributed by atoms with Gasteiger partial charge >= 0.3 is 0 Å². The van der Waals surface area contributed by atoms with E-state index in [0.717, 1.165) is 12.8 Å². The van der Waals surface area contributed by atoms with Gasteiger partial charge in [-0.05, 0) is 39.5 Å². The molecule has 2 aliphatic rings. The first kappa shape index (κ1) is 7.56. The van der Waals surface area contributed by atoms with E-state index in [4.69, 9.17) is 5.73 Å². The summed E-state index contributed by atoms with van der Waals surface area (Å²) in [4.78, 5) is 0. The van der Waals surface area contributed by atoms with E-state index < -0.39 is 0 Å². The molecule has 2 fully saturated rings. The van der Waals surface area contributed by atoms with Crippen LogP contribution < -0.4 is 11.1 Å². The van der Waals surface area contributed by atoms with Gasteiger partial charge in [-0.3, -0.25) is 0 Å². The van der Waals surface area contributed by atoms with Gasteiger partial charge in [0.2, 0.25) is 0 Å². The van der Waals surface area contributed by atoms with Gasteiger partial charge in [-0.15, -0.1) is 0 Å².